The Morgan fingerprint density at radius 2 is 1.81 bits per heavy atom. The van der Waals surface area contributed by atoms with Crippen molar-refractivity contribution in [3.8, 4) is 5.75 Å². The number of nitrogens with one attached hydrogen (secondary N) is 1. The van der Waals surface area contributed by atoms with E-state index in [9.17, 15) is 18.0 Å². The summed E-state index contributed by atoms with van der Waals surface area (Å²) in [6.45, 7) is -0.170. The smallest absolute Gasteiger partial charge is 0.264 e. The van der Waals surface area contributed by atoms with Gasteiger partial charge in [-0.1, -0.05) is 12.1 Å². The fraction of sp³-hybridized carbons (Fsp3) is 0.176. The van der Waals surface area contributed by atoms with E-state index in [-0.39, 0.29) is 17.0 Å². The molecule has 3 rings (SSSR count). The highest BCUT2D eigenvalue weighted by Gasteiger charge is 2.37. The monoisotopic (exact) mass is 375 g/mol. The molecule has 1 aliphatic rings. The van der Waals surface area contributed by atoms with Gasteiger partial charge < -0.3 is 15.8 Å². The number of fused-ring (bicyclic) bond motifs is 1. The molecular formula is C17H17N3O5S. The van der Waals surface area contributed by atoms with Crippen molar-refractivity contribution in [2.75, 3.05) is 17.9 Å². The van der Waals surface area contributed by atoms with Crippen molar-refractivity contribution in [3.63, 3.8) is 0 Å². The van der Waals surface area contributed by atoms with E-state index in [0.29, 0.717) is 11.4 Å². The lowest BCUT2D eigenvalue weighted by Gasteiger charge is -2.34. The molecule has 2 aromatic carbocycles. The van der Waals surface area contributed by atoms with Gasteiger partial charge in [-0.3, -0.25) is 13.9 Å². The van der Waals surface area contributed by atoms with Gasteiger partial charge in [0.2, 0.25) is 5.91 Å². The van der Waals surface area contributed by atoms with Crippen LogP contribution in [0, 0.1) is 0 Å². The van der Waals surface area contributed by atoms with E-state index < -0.39 is 27.9 Å². The minimum atomic E-state index is -3.97. The molecule has 0 bridgehead atoms. The van der Waals surface area contributed by atoms with Crippen LogP contribution in [-0.4, -0.2) is 39.9 Å². The molecule has 0 fully saturated rings. The third kappa shape index (κ3) is 3.08. The number of primary amides is 1. The predicted octanol–water partition coefficient (Wildman–Crippen LogP) is 0.488. The Morgan fingerprint density at radius 3 is 2.42 bits per heavy atom. The summed E-state index contributed by atoms with van der Waals surface area (Å²) < 4.78 is 33.0. The summed E-state index contributed by atoms with van der Waals surface area (Å²) in [5.41, 5.74) is 5.73. The largest absolute Gasteiger partial charge is 0.476 e. The molecule has 0 aliphatic carbocycles. The van der Waals surface area contributed by atoms with Crippen LogP contribution in [0.4, 0.5) is 5.69 Å². The summed E-state index contributed by atoms with van der Waals surface area (Å²) in [7, 11) is -2.52. The average Bonchev–Trinajstić information content (AvgIpc) is 2.66. The number of amides is 2. The molecule has 0 unspecified atom stereocenters. The Balaban J connectivity index is 2.04. The zero-order valence-electron chi connectivity index (χ0n) is 13.9. The van der Waals surface area contributed by atoms with E-state index in [2.05, 4.69) is 5.32 Å². The van der Waals surface area contributed by atoms with Crippen molar-refractivity contribution in [2.45, 2.75) is 11.0 Å². The Morgan fingerprint density at radius 1 is 1.15 bits per heavy atom. The Bertz CT molecular complexity index is 957. The van der Waals surface area contributed by atoms with Gasteiger partial charge in [-0.25, -0.2) is 8.42 Å². The number of nitrogens with zero attached hydrogens (tertiary/aromatic N) is 1. The number of hydrogen-bond donors (Lipinski definition) is 2. The quantitative estimate of drug-likeness (QED) is 0.806. The number of hydrogen-bond acceptors (Lipinski definition) is 5. The third-order valence-electron chi connectivity index (χ3n) is 4.00. The summed E-state index contributed by atoms with van der Waals surface area (Å²) in [6, 6.07) is 11.9. The molecule has 3 N–H and O–H groups in total. The van der Waals surface area contributed by atoms with Crippen LogP contribution in [0.15, 0.2) is 53.4 Å². The predicted molar refractivity (Wildman–Crippen MR) is 94.4 cm³/mol. The average molecular weight is 375 g/mol. The molecule has 9 heteroatoms. The molecule has 0 radical (unpaired) electrons. The first-order chi connectivity index (χ1) is 12.3. The van der Waals surface area contributed by atoms with Gasteiger partial charge in [-0.05, 0) is 36.4 Å². The van der Waals surface area contributed by atoms with Gasteiger partial charge in [0.1, 0.15) is 5.75 Å². The van der Waals surface area contributed by atoms with Crippen LogP contribution in [0.1, 0.15) is 10.4 Å². The topological polar surface area (TPSA) is 119 Å². The van der Waals surface area contributed by atoms with E-state index >= 15 is 0 Å². The normalized spacial score (nSPS) is 16.3. The number of rotatable bonds is 4. The number of carbonyl (C=O) groups is 2. The maximum atomic E-state index is 13.1. The van der Waals surface area contributed by atoms with Gasteiger partial charge in [-0.15, -0.1) is 0 Å². The standard InChI is InChI=1S/C17H17N3O5S/c1-19-17(22)15-10-20(13-4-2-3-5-14(13)25-15)26(23,24)12-8-6-11(7-9-12)16(18)21/h2-9,15H,10H2,1H3,(H2,18,21)(H,19,22)/t15-/m0/s1. The van der Waals surface area contributed by atoms with Gasteiger partial charge in [0.25, 0.3) is 15.9 Å². The van der Waals surface area contributed by atoms with Crippen LogP contribution >= 0.6 is 0 Å². The molecule has 136 valence electrons. The number of anilines is 1. The highest BCUT2D eigenvalue weighted by atomic mass is 32.2. The lowest BCUT2D eigenvalue weighted by atomic mass is 10.2. The van der Waals surface area contributed by atoms with E-state index in [1.807, 2.05) is 0 Å². The summed E-state index contributed by atoms with van der Waals surface area (Å²) in [5, 5.41) is 2.46. The molecule has 0 saturated heterocycles. The van der Waals surface area contributed by atoms with Crippen molar-refractivity contribution in [1.82, 2.24) is 5.32 Å². The number of para-hydroxylation sites is 2. The maximum Gasteiger partial charge on any atom is 0.264 e. The summed E-state index contributed by atoms with van der Waals surface area (Å²) >= 11 is 0. The number of nitrogens with two attached hydrogens (primary N) is 1. The zero-order chi connectivity index (χ0) is 18.9. The molecule has 26 heavy (non-hydrogen) atoms. The van der Waals surface area contributed by atoms with Crippen LogP contribution in [0.2, 0.25) is 0 Å². The van der Waals surface area contributed by atoms with Crippen LogP contribution in [0.3, 0.4) is 0 Å². The summed E-state index contributed by atoms with van der Waals surface area (Å²) in [4.78, 5) is 23.2. The molecule has 0 saturated carbocycles. The molecular weight excluding hydrogens is 358 g/mol. The number of ether oxygens (including phenoxy) is 1. The van der Waals surface area contributed by atoms with Crippen molar-refractivity contribution in [2.24, 2.45) is 5.73 Å². The van der Waals surface area contributed by atoms with E-state index in [0.717, 1.165) is 4.31 Å². The highest BCUT2D eigenvalue weighted by molar-refractivity contribution is 7.92. The minimum absolute atomic E-state index is 0.0186. The van der Waals surface area contributed by atoms with Gasteiger partial charge >= 0.3 is 0 Å². The molecule has 0 aromatic heterocycles. The first kappa shape index (κ1) is 17.7. The second-order valence-corrected chi connectivity index (χ2v) is 7.48. The van der Waals surface area contributed by atoms with Crippen molar-refractivity contribution < 1.29 is 22.7 Å². The zero-order valence-corrected chi connectivity index (χ0v) is 14.7. The van der Waals surface area contributed by atoms with E-state index in [1.54, 1.807) is 24.3 Å². The Labute approximate surface area is 150 Å². The second kappa shape index (κ2) is 6.68. The Kier molecular flexibility index (Phi) is 4.56. The fourth-order valence-corrected chi connectivity index (χ4v) is 4.12. The maximum absolute atomic E-state index is 13.1. The second-order valence-electron chi connectivity index (χ2n) is 5.61. The SMILES string of the molecule is CNC(=O)[C@@H]1CN(S(=O)(=O)c2ccc(C(N)=O)cc2)c2ccccc2O1. The minimum Gasteiger partial charge on any atom is -0.476 e. The molecule has 1 atom stereocenters. The number of likely N-dealkylation sites (N-methyl/N-ethyl adjacent to an activating group) is 1. The molecule has 1 heterocycles. The molecule has 1 aliphatic heterocycles. The first-order valence-electron chi connectivity index (χ1n) is 7.74. The molecule has 8 nitrogen and oxygen atoms in total. The number of carbonyl (C=O) groups excluding carboxylic acids is 2. The van der Waals surface area contributed by atoms with Gasteiger partial charge in [0.05, 0.1) is 17.1 Å². The highest BCUT2D eigenvalue weighted by Crippen LogP contribution is 2.36. The van der Waals surface area contributed by atoms with Crippen LogP contribution in [0.25, 0.3) is 0 Å². The van der Waals surface area contributed by atoms with Crippen LogP contribution in [0.5, 0.6) is 5.75 Å². The summed E-state index contributed by atoms with van der Waals surface area (Å²) in [5.74, 6) is -0.779. The Hall–Kier alpha value is -3.07. The van der Waals surface area contributed by atoms with Gasteiger partial charge in [-0.2, -0.15) is 0 Å². The third-order valence-corrected chi connectivity index (χ3v) is 5.79. The van der Waals surface area contributed by atoms with E-state index in [4.69, 9.17) is 10.5 Å². The van der Waals surface area contributed by atoms with E-state index in [1.165, 1.54) is 31.3 Å². The molecule has 2 aromatic rings. The first-order valence-corrected chi connectivity index (χ1v) is 9.18. The number of sulfonamides is 1. The lowest BCUT2D eigenvalue weighted by Crippen LogP contribution is -2.50. The van der Waals surface area contributed by atoms with Crippen molar-refractivity contribution in [1.29, 1.82) is 0 Å². The lowest BCUT2D eigenvalue weighted by molar-refractivity contribution is -0.127. The van der Waals surface area contributed by atoms with Crippen LogP contribution in [-0.2, 0) is 14.8 Å². The molecule has 0 spiro atoms. The summed E-state index contributed by atoms with van der Waals surface area (Å²) in [6.07, 6.45) is -0.977. The number of benzene rings is 2. The van der Waals surface area contributed by atoms with Crippen LogP contribution < -0.4 is 20.1 Å². The van der Waals surface area contributed by atoms with Crippen molar-refractivity contribution >= 4 is 27.5 Å². The van der Waals surface area contributed by atoms with Gasteiger partial charge in [0, 0.05) is 12.6 Å². The van der Waals surface area contributed by atoms with Crippen molar-refractivity contribution in [3.05, 3.63) is 54.1 Å². The molecule has 2 amide bonds. The fourth-order valence-electron chi connectivity index (χ4n) is 2.65. The van der Waals surface area contributed by atoms with Gasteiger partial charge in [0.15, 0.2) is 6.10 Å².